The Hall–Kier alpha value is -3.02. The quantitative estimate of drug-likeness (QED) is 0.492. The van der Waals surface area contributed by atoms with Gasteiger partial charge in [-0.1, -0.05) is 0 Å². The van der Waals surface area contributed by atoms with Crippen molar-refractivity contribution in [2.45, 2.75) is 6.42 Å². The second-order valence-corrected chi connectivity index (χ2v) is 5.49. The zero-order valence-electron chi connectivity index (χ0n) is 12.6. The Balaban J connectivity index is 1.67. The Bertz CT molecular complexity index is 771. The van der Waals surface area contributed by atoms with Crippen LogP contribution in [-0.4, -0.2) is 24.7 Å². The average molecular weight is 327 g/mol. The summed E-state index contributed by atoms with van der Waals surface area (Å²) in [5, 5.41) is 0. The summed E-state index contributed by atoms with van der Waals surface area (Å²) in [7, 11) is 0. The van der Waals surface area contributed by atoms with E-state index in [9.17, 15) is 18.8 Å². The van der Waals surface area contributed by atoms with Gasteiger partial charge in [0.05, 0.1) is 5.92 Å². The molecule has 0 aliphatic carbocycles. The van der Waals surface area contributed by atoms with Crippen LogP contribution < -0.4 is 9.64 Å². The number of carbonyl (C=O) groups is 3. The Morgan fingerprint density at radius 3 is 2.42 bits per heavy atom. The maximum Gasteiger partial charge on any atom is 0.316 e. The number of benzene rings is 2. The zero-order valence-corrected chi connectivity index (χ0v) is 12.6. The highest BCUT2D eigenvalue weighted by atomic mass is 19.1. The molecule has 6 heteroatoms. The topological polar surface area (TPSA) is 63.7 Å². The molecule has 122 valence electrons. The van der Waals surface area contributed by atoms with Crippen molar-refractivity contribution in [2.24, 2.45) is 5.92 Å². The summed E-state index contributed by atoms with van der Waals surface area (Å²) in [6.45, 7) is 0.190. The highest BCUT2D eigenvalue weighted by molar-refractivity contribution is 5.99. The first-order chi connectivity index (χ1) is 11.6. The molecule has 0 N–H and O–H groups in total. The van der Waals surface area contributed by atoms with E-state index >= 15 is 0 Å². The molecule has 0 aromatic heterocycles. The number of rotatable bonds is 4. The van der Waals surface area contributed by atoms with E-state index in [0.29, 0.717) is 23.3 Å². The van der Waals surface area contributed by atoms with Gasteiger partial charge >= 0.3 is 5.97 Å². The van der Waals surface area contributed by atoms with Gasteiger partial charge in [-0.3, -0.25) is 14.4 Å². The van der Waals surface area contributed by atoms with Crippen molar-refractivity contribution in [1.82, 2.24) is 0 Å². The molecule has 2 aromatic rings. The number of halogens is 1. The van der Waals surface area contributed by atoms with Gasteiger partial charge in [-0.15, -0.1) is 0 Å². The van der Waals surface area contributed by atoms with E-state index < -0.39 is 11.9 Å². The second-order valence-electron chi connectivity index (χ2n) is 5.49. The molecule has 5 nitrogen and oxygen atoms in total. The summed E-state index contributed by atoms with van der Waals surface area (Å²) in [5.41, 5.74) is 1.03. The van der Waals surface area contributed by atoms with E-state index in [1.54, 1.807) is 12.1 Å². The maximum absolute atomic E-state index is 13.0. The number of amides is 1. The summed E-state index contributed by atoms with van der Waals surface area (Å²) >= 11 is 0. The van der Waals surface area contributed by atoms with Gasteiger partial charge in [-0.2, -0.15) is 0 Å². The standard InChI is InChI=1S/C18H14FNO4/c19-14-3-5-15(6-4-14)20-10-13(9-17(20)22)18(23)24-16-7-1-12(11-21)2-8-16/h1-8,11,13H,9-10H2. The van der Waals surface area contributed by atoms with Crippen molar-refractivity contribution >= 4 is 23.9 Å². The third kappa shape index (κ3) is 3.32. The van der Waals surface area contributed by atoms with E-state index in [0.717, 1.165) is 0 Å². The van der Waals surface area contributed by atoms with Crippen molar-refractivity contribution in [3.05, 3.63) is 59.9 Å². The van der Waals surface area contributed by atoms with Gasteiger partial charge < -0.3 is 9.64 Å². The minimum atomic E-state index is -0.590. The summed E-state index contributed by atoms with van der Waals surface area (Å²) in [5.74, 6) is -1.38. The van der Waals surface area contributed by atoms with Crippen molar-refractivity contribution in [1.29, 1.82) is 0 Å². The van der Waals surface area contributed by atoms with E-state index in [2.05, 4.69) is 0 Å². The highest BCUT2D eigenvalue weighted by Gasteiger charge is 2.36. The third-order valence-corrected chi connectivity index (χ3v) is 3.83. The van der Waals surface area contributed by atoms with Gasteiger partial charge in [0.1, 0.15) is 17.9 Å². The molecule has 3 rings (SSSR count). The van der Waals surface area contributed by atoms with Crippen LogP contribution in [0.3, 0.4) is 0 Å². The molecule has 1 unspecified atom stereocenters. The smallest absolute Gasteiger partial charge is 0.316 e. The van der Waals surface area contributed by atoms with Crippen molar-refractivity contribution in [3.8, 4) is 5.75 Å². The molecule has 1 aliphatic heterocycles. The van der Waals surface area contributed by atoms with Gasteiger partial charge in [0, 0.05) is 24.2 Å². The molecule has 24 heavy (non-hydrogen) atoms. The third-order valence-electron chi connectivity index (χ3n) is 3.83. The predicted octanol–water partition coefficient (Wildman–Crippen LogP) is 2.60. The lowest BCUT2D eigenvalue weighted by molar-refractivity contribution is -0.139. The largest absolute Gasteiger partial charge is 0.426 e. The summed E-state index contributed by atoms with van der Waals surface area (Å²) in [6, 6.07) is 11.7. The number of aldehydes is 1. The molecular formula is C18H14FNO4. The van der Waals surface area contributed by atoms with Crippen LogP contribution in [0.25, 0.3) is 0 Å². The van der Waals surface area contributed by atoms with Gasteiger partial charge in [0.25, 0.3) is 0 Å². The molecule has 0 radical (unpaired) electrons. The number of carbonyl (C=O) groups excluding carboxylic acids is 3. The van der Waals surface area contributed by atoms with Crippen molar-refractivity contribution in [3.63, 3.8) is 0 Å². The van der Waals surface area contributed by atoms with Gasteiger partial charge in [0.2, 0.25) is 5.91 Å². The molecule has 1 saturated heterocycles. The first-order valence-electron chi connectivity index (χ1n) is 7.39. The monoisotopic (exact) mass is 327 g/mol. The SMILES string of the molecule is O=Cc1ccc(OC(=O)C2CC(=O)N(c3ccc(F)cc3)C2)cc1. The number of nitrogens with zero attached hydrogens (tertiary/aromatic N) is 1. The fourth-order valence-corrected chi connectivity index (χ4v) is 2.55. The normalized spacial score (nSPS) is 17.0. The number of ether oxygens (including phenoxy) is 1. The Morgan fingerprint density at radius 2 is 1.79 bits per heavy atom. The van der Waals surface area contributed by atoms with Crippen LogP contribution in [0.4, 0.5) is 10.1 Å². The second kappa shape index (κ2) is 6.62. The van der Waals surface area contributed by atoms with Crippen LogP contribution in [0, 0.1) is 11.7 Å². The van der Waals surface area contributed by atoms with Gasteiger partial charge in [-0.05, 0) is 48.5 Å². The fraction of sp³-hybridized carbons (Fsp3) is 0.167. The molecule has 0 saturated carbocycles. The average Bonchev–Trinajstić information content (AvgIpc) is 2.98. The molecule has 0 bridgehead atoms. The summed E-state index contributed by atoms with van der Waals surface area (Å²) in [6.07, 6.45) is 0.741. The summed E-state index contributed by atoms with van der Waals surface area (Å²) in [4.78, 5) is 36.4. The fourth-order valence-electron chi connectivity index (χ4n) is 2.55. The number of hydrogen-bond donors (Lipinski definition) is 0. The lowest BCUT2D eigenvalue weighted by Gasteiger charge is -2.16. The Kier molecular flexibility index (Phi) is 4.37. The lowest BCUT2D eigenvalue weighted by atomic mass is 10.1. The first kappa shape index (κ1) is 15.9. The van der Waals surface area contributed by atoms with Gasteiger partial charge in [0.15, 0.2) is 0 Å². The maximum atomic E-state index is 13.0. The van der Waals surface area contributed by atoms with E-state index in [1.807, 2.05) is 0 Å². The van der Waals surface area contributed by atoms with Gasteiger partial charge in [-0.25, -0.2) is 4.39 Å². The molecule has 1 atom stereocenters. The van der Waals surface area contributed by atoms with E-state index in [4.69, 9.17) is 4.74 Å². The van der Waals surface area contributed by atoms with E-state index in [1.165, 1.54) is 41.3 Å². The molecule has 1 fully saturated rings. The molecule has 1 aliphatic rings. The predicted molar refractivity (Wildman–Crippen MR) is 84.3 cm³/mol. The van der Waals surface area contributed by atoms with Crippen LogP contribution >= 0.6 is 0 Å². The highest BCUT2D eigenvalue weighted by Crippen LogP contribution is 2.26. The van der Waals surface area contributed by atoms with Crippen LogP contribution in [-0.2, 0) is 9.59 Å². The lowest BCUT2D eigenvalue weighted by Crippen LogP contribution is -2.27. The molecule has 2 aromatic carbocycles. The Labute approximate surface area is 137 Å². The van der Waals surface area contributed by atoms with Crippen molar-refractivity contribution < 1.29 is 23.5 Å². The molecular weight excluding hydrogens is 313 g/mol. The number of hydrogen-bond acceptors (Lipinski definition) is 4. The summed E-state index contributed by atoms with van der Waals surface area (Å²) < 4.78 is 18.2. The van der Waals surface area contributed by atoms with Crippen LogP contribution in [0.15, 0.2) is 48.5 Å². The van der Waals surface area contributed by atoms with Crippen LogP contribution in [0.1, 0.15) is 16.8 Å². The minimum absolute atomic E-state index is 0.0443. The molecule has 1 heterocycles. The number of esters is 1. The van der Waals surface area contributed by atoms with Crippen molar-refractivity contribution in [2.75, 3.05) is 11.4 Å². The van der Waals surface area contributed by atoms with Crippen LogP contribution in [0.5, 0.6) is 5.75 Å². The molecule has 1 amide bonds. The Morgan fingerprint density at radius 1 is 1.12 bits per heavy atom. The van der Waals surface area contributed by atoms with E-state index in [-0.39, 0.29) is 24.7 Å². The number of anilines is 1. The molecule has 0 spiro atoms. The van der Waals surface area contributed by atoms with Crippen LogP contribution in [0.2, 0.25) is 0 Å². The zero-order chi connectivity index (χ0) is 17.1. The first-order valence-corrected chi connectivity index (χ1v) is 7.39. The minimum Gasteiger partial charge on any atom is -0.426 e.